The zero-order chi connectivity index (χ0) is 9.30. The zero-order valence-corrected chi connectivity index (χ0v) is 11.1. The molecule has 12 heavy (non-hydrogen) atoms. The van der Waals surface area contributed by atoms with Gasteiger partial charge in [-0.05, 0) is 0 Å². The van der Waals surface area contributed by atoms with Crippen molar-refractivity contribution in [2.45, 2.75) is 24.8 Å². The molecule has 0 saturated heterocycles. The van der Waals surface area contributed by atoms with Crippen molar-refractivity contribution in [3.05, 3.63) is 10.5 Å². The van der Waals surface area contributed by atoms with E-state index in [1.165, 1.54) is 18.6 Å². The number of rotatable bonds is 1. The molecule has 2 nitrogen and oxygen atoms in total. The number of nitrogens with zero attached hydrogens (tertiary/aromatic N) is 1. The normalized spacial score (nSPS) is 10.7. The van der Waals surface area contributed by atoms with Crippen molar-refractivity contribution >= 4 is 47.6 Å². The molecule has 62 valence electrons. The van der Waals surface area contributed by atoms with Crippen LogP contribution in [0.15, 0.2) is 5.03 Å². The van der Waals surface area contributed by atoms with E-state index in [1.54, 1.807) is 0 Å². The standard InChI is InChI=1S/C7H9N2S2.Ga/c1-4(2)7-8-5(10)3-6(11)9-7;/h4H,1-2H3,(H2,8,9,10,11);. The molecule has 0 amide bonds. The summed E-state index contributed by atoms with van der Waals surface area (Å²) in [5, 5.41) is 0.752. The van der Waals surface area contributed by atoms with Crippen LogP contribution in [0, 0.1) is 4.64 Å². The van der Waals surface area contributed by atoms with E-state index >= 15 is 0 Å². The van der Waals surface area contributed by atoms with Crippen LogP contribution in [0.2, 0.25) is 0 Å². The summed E-state index contributed by atoms with van der Waals surface area (Å²) < 4.78 is 1.77. The van der Waals surface area contributed by atoms with E-state index in [-0.39, 0.29) is 0 Å². The van der Waals surface area contributed by atoms with Crippen molar-refractivity contribution in [2.24, 2.45) is 0 Å². The number of aromatic amines is 1. The van der Waals surface area contributed by atoms with E-state index in [4.69, 9.17) is 12.2 Å². The third-order valence-corrected chi connectivity index (χ3v) is 4.29. The minimum atomic E-state index is 0.366. The average molecular weight is 255 g/mol. The fraction of sp³-hybridized carbons (Fsp3) is 0.429. The molecule has 0 aliphatic heterocycles. The van der Waals surface area contributed by atoms with Crippen molar-refractivity contribution in [3.8, 4) is 0 Å². The van der Waals surface area contributed by atoms with Gasteiger partial charge in [0.2, 0.25) is 0 Å². The van der Waals surface area contributed by atoms with Crippen molar-refractivity contribution in [3.63, 3.8) is 0 Å². The molecule has 1 heterocycles. The van der Waals surface area contributed by atoms with Gasteiger partial charge in [-0.3, -0.25) is 0 Å². The summed E-state index contributed by atoms with van der Waals surface area (Å²) in [4.78, 5) is 7.38. The number of thiol groups is 1. The second kappa shape index (κ2) is 4.00. The molecule has 1 aromatic rings. The monoisotopic (exact) mass is 254 g/mol. The van der Waals surface area contributed by atoms with E-state index < -0.39 is 0 Å². The second-order valence-electron chi connectivity index (χ2n) is 2.84. The van der Waals surface area contributed by atoms with Crippen LogP contribution >= 0.6 is 24.8 Å². The average Bonchev–Trinajstić information content (AvgIpc) is 1.99. The molecule has 0 fully saturated rings. The first-order chi connectivity index (χ1) is 5.52. The van der Waals surface area contributed by atoms with Gasteiger partial charge >= 0.3 is 92.8 Å². The maximum absolute atomic E-state index is 5.12. The number of hydrogen-bond donors (Lipinski definition) is 2. The number of nitrogens with one attached hydrogen (secondary N) is 1. The molecule has 0 atom stereocenters. The van der Waals surface area contributed by atoms with Gasteiger partial charge in [-0.25, -0.2) is 0 Å². The Morgan fingerprint density at radius 3 is 2.58 bits per heavy atom. The Labute approximate surface area is 92.5 Å². The second-order valence-corrected chi connectivity index (χ2v) is 4.89. The summed E-state index contributed by atoms with van der Waals surface area (Å²) in [5.74, 6) is 1.28. The maximum atomic E-state index is 5.12. The molecule has 0 aromatic carbocycles. The van der Waals surface area contributed by atoms with Crippen molar-refractivity contribution in [1.82, 2.24) is 9.97 Å². The summed E-state index contributed by atoms with van der Waals surface area (Å²) >= 11 is 10.8. The fourth-order valence-corrected chi connectivity index (χ4v) is 1.54. The molecule has 0 aliphatic rings. The Balaban J connectivity index is 3.31. The Hall–Kier alpha value is 0.286. The Bertz CT molecular complexity index is 346. The van der Waals surface area contributed by atoms with Crippen LogP contribution in [0.4, 0.5) is 0 Å². The van der Waals surface area contributed by atoms with Crippen LogP contribution in [-0.4, -0.2) is 28.6 Å². The van der Waals surface area contributed by atoms with E-state index in [0.717, 1.165) is 19.6 Å². The van der Waals surface area contributed by atoms with Crippen molar-refractivity contribution < 1.29 is 0 Å². The predicted molar refractivity (Wildman–Crippen MR) is 56.2 cm³/mol. The van der Waals surface area contributed by atoms with Crippen molar-refractivity contribution in [2.75, 3.05) is 0 Å². The van der Waals surface area contributed by atoms with Gasteiger partial charge in [0.05, 0.1) is 0 Å². The fourth-order valence-electron chi connectivity index (χ4n) is 0.761. The van der Waals surface area contributed by atoms with E-state index in [0.29, 0.717) is 5.92 Å². The topological polar surface area (TPSA) is 28.7 Å². The first kappa shape index (κ1) is 10.4. The first-order valence-corrected chi connectivity index (χ1v) is 5.67. The van der Waals surface area contributed by atoms with Crippen molar-refractivity contribution in [1.29, 1.82) is 0 Å². The Kier molecular flexibility index (Phi) is 3.45. The van der Waals surface area contributed by atoms with Gasteiger partial charge in [-0.1, -0.05) is 0 Å². The van der Waals surface area contributed by atoms with Crippen LogP contribution < -0.4 is 4.12 Å². The number of aromatic nitrogens is 2. The molecule has 0 bridgehead atoms. The molecule has 0 spiro atoms. The van der Waals surface area contributed by atoms with Gasteiger partial charge in [0.15, 0.2) is 0 Å². The van der Waals surface area contributed by atoms with E-state index in [1.807, 2.05) is 0 Å². The van der Waals surface area contributed by atoms with Crippen LogP contribution in [0.5, 0.6) is 0 Å². The van der Waals surface area contributed by atoms with Gasteiger partial charge in [-0.2, -0.15) is 0 Å². The molecule has 1 aromatic heterocycles. The summed E-state index contributed by atoms with van der Waals surface area (Å²) in [6.45, 7) is 4.14. The quantitative estimate of drug-likeness (QED) is 0.343. The third kappa shape index (κ3) is 2.16. The zero-order valence-electron chi connectivity index (χ0n) is 6.96. The molecule has 0 aliphatic carbocycles. The molecular formula is C7H9GaN2S2. The molecule has 0 unspecified atom stereocenters. The summed E-state index contributed by atoms with van der Waals surface area (Å²) in [7, 11) is 0. The van der Waals surface area contributed by atoms with Gasteiger partial charge in [-0.15, -0.1) is 0 Å². The molecule has 2 radical (unpaired) electrons. The van der Waals surface area contributed by atoms with Gasteiger partial charge in [0.25, 0.3) is 0 Å². The van der Waals surface area contributed by atoms with Gasteiger partial charge in [0, 0.05) is 0 Å². The molecule has 5 heteroatoms. The predicted octanol–water partition coefficient (Wildman–Crippen LogP) is 1.35. The molecule has 1 rings (SSSR count). The van der Waals surface area contributed by atoms with Gasteiger partial charge < -0.3 is 0 Å². The summed E-state index contributed by atoms with van der Waals surface area (Å²) in [5.41, 5.74) is 0. The minimum absolute atomic E-state index is 0.366. The third-order valence-electron chi connectivity index (χ3n) is 1.50. The van der Waals surface area contributed by atoms with Crippen LogP contribution in [0.1, 0.15) is 25.6 Å². The van der Waals surface area contributed by atoms with E-state index in [2.05, 4.69) is 36.4 Å². The molecule has 1 N–H and O–H groups in total. The summed E-state index contributed by atoms with van der Waals surface area (Å²) in [6, 6.07) is 0. The number of hydrogen-bond acceptors (Lipinski definition) is 3. The van der Waals surface area contributed by atoms with E-state index in [9.17, 15) is 0 Å². The van der Waals surface area contributed by atoms with Gasteiger partial charge in [0.1, 0.15) is 0 Å². The number of H-pyrrole nitrogens is 1. The summed E-state index contributed by atoms with van der Waals surface area (Å²) in [6.07, 6.45) is 0. The Morgan fingerprint density at radius 2 is 2.17 bits per heavy atom. The first-order valence-electron chi connectivity index (χ1n) is 3.61. The van der Waals surface area contributed by atoms with Crippen LogP contribution in [0.25, 0.3) is 0 Å². The SMILES string of the molecule is CC(C)c1nc(S)[c]([Ga])c(=S)[nH]1. The molecular weight excluding hydrogens is 246 g/mol. The van der Waals surface area contributed by atoms with Crippen LogP contribution in [0.3, 0.4) is 0 Å². The van der Waals surface area contributed by atoms with Crippen LogP contribution in [-0.2, 0) is 0 Å². The Morgan fingerprint density at radius 1 is 1.58 bits per heavy atom. The molecule has 0 saturated carbocycles.